The predicted molar refractivity (Wildman–Crippen MR) is 82.3 cm³/mol. The molecule has 0 saturated carbocycles. The number of fused-ring (bicyclic) bond motifs is 3. The third-order valence-electron chi connectivity index (χ3n) is 4.46. The van der Waals surface area contributed by atoms with Crippen molar-refractivity contribution in [2.24, 2.45) is 7.05 Å². The lowest BCUT2D eigenvalue weighted by molar-refractivity contribution is 0.392. The minimum absolute atomic E-state index is 0.115. The van der Waals surface area contributed by atoms with Gasteiger partial charge in [-0.2, -0.15) is 0 Å². The van der Waals surface area contributed by atoms with Crippen LogP contribution in [0.15, 0.2) is 30.6 Å². The molecule has 1 aromatic carbocycles. The second kappa shape index (κ2) is 5.06. The zero-order valence-electron chi connectivity index (χ0n) is 12.5. The summed E-state index contributed by atoms with van der Waals surface area (Å²) in [6.45, 7) is 1.71. The normalized spacial score (nSPS) is 16.4. The minimum atomic E-state index is -0.743. The molecule has 1 fully saturated rings. The molecule has 0 unspecified atom stereocenters. The van der Waals surface area contributed by atoms with Crippen LogP contribution in [0.5, 0.6) is 0 Å². The Morgan fingerprint density at radius 1 is 1.17 bits per heavy atom. The van der Waals surface area contributed by atoms with Crippen LogP contribution in [0.1, 0.15) is 24.5 Å². The predicted octanol–water partition coefficient (Wildman–Crippen LogP) is 1.84. The number of oxazole rings is 1. The minimum Gasteiger partial charge on any atom is -0.458 e. The van der Waals surface area contributed by atoms with Gasteiger partial charge in [0.1, 0.15) is 11.3 Å². The molecular weight excluding hydrogens is 303 g/mol. The zero-order chi connectivity index (χ0) is 16.1. The maximum atomic E-state index is 14.1. The van der Waals surface area contributed by atoms with Gasteiger partial charge in [0, 0.05) is 19.0 Å². The second-order valence-corrected chi connectivity index (χ2v) is 5.88. The summed E-state index contributed by atoms with van der Waals surface area (Å²) in [6, 6.07) is 2.50. The van der Waals surface area contributed by atoms with Crippen LogP contribution in [0.2, 0.25) is 0 Å². The van der Waals surface area contributed by atoms with Crippen LogP contribution in [0.25, 0.3) is 22.1 Å². The molecule has 3 aromatic rings. The summed E-state index contributed by atoms with van der Waals surface area (Å²) < 4.78 is 26.1. The quantitative estimate of drug-likeness (QED) is 0.741. The highest BCUT2D eigenvalue weighted by molar-refractivity contribution is 5.99. The summed E-state index contributed by atoms with van der Waals surface area (Å²) in [5.41, 5.74) is -0.112. The highest BCUT2D eigenvalue weighted by atomic mass is 19.1. The Balaban J connectivity index is 2.07. The molecule has 0 aliphatic carbocycles. The Kier molecular flexibility index (Phi) is 3.12. The van der Waals surface area contributed by atoms with Crippen molar-refractivity contribution in [2.45, 2.75) is 18.8 Å². The van der Waals surface area contributed by atoms with E-state index in [-0.39, 0.29) is 33.4 Å². The summed E-state index contributed by atoms with van der Waals surface area (Å²) in [7, 11) is 1.46. The van der Waals surface area contributed by atoms with E-state index in [2.05, 4.69) is 5.32 Å². The van der Waals surface area contributed by atoms with Crippen LogP contribution in [0.3, 0.4) is 0 Å². The molecule has 0 amide bonds. The summed E-state index contributed by atoms with van der Waals surface area (Å²) in [6.07, 6.45) is 1.73. The van der Waals surface area contributed by atoms with Crippen molar-refractivity contribution in [1.29, 1.82) is 0 Å². The van der Waals surface area contributed by atoms with Crippen LogP contribution >= 0.6 is 0 Å². The van der Waals surface area contributed by atoms with Crippen molar-refractivity contribution in [3.05, 3.63) is 44.5 Å². The average molecular weight is 318 g/mol. The lowest BCUT2D eigenvalue weighted by Gasteiger charge is -2.21. The largest absolute Gasteiger partial charge is 0.458 e. The summed E-state index contributed by atoms with van der Waals surface area (Å²) >= 11 is 0. The SMILES string of the molecule is Cn1c(=O)oc2c(F)cc3c(=O)cc(C4CCNCC4)oc3c21. The van der Waals surface area contributed by atoms with Gasteiger partial charge in [-0.25, -0.2) is 9.18 Å². The summed E-state index contributed by atoms with van der Waals surface area (Å²) in [5, 5.41) is 3.37. The van der Waals surface area contributed by atoms with E-state index in [9.17, 15) is 14.0 Å². The van der Waals surface area contributed by atoms with Crippen LogP contribution in [-0.4, -0.2) is 17.7 Å². The number of benzene rings is 1. The number of aryl methyl sites for hydroxylation is 1. The highest BCUT2D eigenvalue weighted by Gasteiger charge is 2.23. The number of piperidine rings is 1. The first-order valence-corrected chi connectivity index (χ1v) is 7.53. The van der Waals surface area contributed by atoms with Crippen molar-refractivity contribution >= 4 is 22.1 Å². The molecule has 1 aliphatic heterocycles. The van der Waals surface area contributed by atoms with Crippen LogP contribution in [-0.2, 0) is 7.05 Å². The lowest BCUT2D eigenvalue weighted by Crippen LogP contribution is -2.27. The Morgan fingerprint density at radius 2 is 1.91 bits per heavy atom. The Bertz CT molecular complexity index is 1020. The Labute approximate surface area is 129 Å². The van der Waals surface area contributed by atoms with Crippen LogP contribution < -0.4 is 16.5 Å². The lowest BCUT2D eigenvalue weighted by atomic mass is 9.95. The van der Waals surface area contributed by atoms with Gasteiger partial charge < -0.3 is 14.2 Å². The Morgan fingerprint density at radius 3 is 2.65 bits per heavy atom. The van der Waals surface area contributed by atoms with Gasteiger partial charge in [0.25, 0.3) is 0 Å². The monoisotopic (exact) mass is 318 g/mol. The molecule has 6 nitrogen and oxygen atoms in total. The zero-order valence-corrected chi connectivity index (χ0v) is 12.5. The first-order valence-electron chi connectivity index (χ1n) is 7.53. The number of nitrogens with one attached hydrogen (secondary N) is 1. The molecule has 1 N–H and O–H groups in total. The average Bonchev–Trinajstić information content (AvgIpc) is 2.86. The fourth-order valence-electron chi connectivity index (χ4n) is 3.20. The van der Waals surface area contributed by atoms with Crippen LogP contribution in [0.4, 0.5) is 4.39 Å². The van der Waals surface area contributed by atoms with Crippen molar-refractivity contribution in [3.63, 3.8) is 0 Å². The van der Waals surface area contributed by atoms with Gasteiger partial charge in [0.05, 0.1) is 5.39 Å². The number of hydrogen-bond donors (Lipinski definition) is 1. The van der Waals surface area contributed by atoms with Crippen molar-refractivity contribution in [1.82, 2.24) is 9.88 Å². The molecule has 23 heavy (non-hydrogen) atoms. The van der Waals surface area contributed by atoms with E-state index in [1.54, 1.807) is 0 Å². The molecule has 0 atom stereocenters. The van der Waals surface area contributed by atoms with E-state index in [0.29, 0.717) is 5.76 Å². The maximum Gasteiger partial charge on any atom is 0.419 e. The molecular formula is C16H15FN2O4. The van der Waals surface area contributed by atoms with Gasteiger partial charge in [-0.3, -0.25) is 9.36 Å². The number of hydrogen-bond acceptors (Lipinski definition) is 5. The number of rotatable bonds is 1. The molecule has 4 rings (SSSR count). The third kappa shape index (κ3) is 2.11. The maximum absolute atomic E-state index is 14.1. The van der Waals surface area contributed by atoms with Gasteiger partial charge in [-0.15, -0.1) is 0 Å². The molecule has 0 radical (unpaired) electrons. The highest BCUT2D eigenvalue weighted by Crippen LogP contribution is 2.30. The van der Waals surface area contributed by atoms with E-state index in [1.807, 2.05) is 0 Å². The smallest absolute Gasteiger partial charge is 0.419 e. The molecule has 120 valence electrons. The van der Waals surface area contributed by atoms with E-state index in [4.69, 9.17) is 8.83 Å². The number of halogens is 1. The topological polar surface area (TPSA) is 77.4 Å². The molecule has 3 heterocycles. The van der Waals surface area contributed by atoms with E-state index >= 15 is 0 Å². The fraction of sp³-hybridized carbons (Fsp3) is 0.375. The molecule has 0 spiro atoms. The van der Waals surface area contributed by atoms with Gasteiger partial charge in [-0.05, 0) is 32.0 Å². The molecule has 2 aromatic heterocycles. The molecule has 7 heteroatoms. The first kappa shape index (κ1) is 14.2. The van der Waals surface area contributed by atoms with Crippen molar-refractivity contribution < 1.29 is 13.2 Å². The standard InChI is InChI=1S/C16H15FN2O4/c1-19-13-14-9(6-10(17)15(13)23-16(19)21)11(20)7-12(22-14)8-2-4-18-5-3-8/h6-8,18H,2-5H2,1H3. The van der Waals surface area contributed by atoms with Gasteiger partial charge >= 0.3 is 5.76 Å². The van der Waals surface area contributed by atoms with Gasteiger partial charge in [0.15, 0.2) is 22.4 Å². The second-order valence-electron chi connectivity index (χ2n) is 5.88. The molecule has 1 saturated heterocycles. The van der Waals surface area contributed by atoms with Crippen LogP contribution in [0, 0.1) is 5.82 Å². The number of nitrogens with zero attached hydrogens (tertiary/aromatic N) is 1. The molecule has 1 aliphatic rings. The van der Waals surface area contributed by atoms with Crippen molar-refractivity contribution in [3.8, 4) is 0 Å². The first-order chi connectivity index (χ1) is 11.1. The van der Waals surface area contributed by atoms with Crippen molar-refractivity contribution in [2.75, 3.05) is 13.1 Å². The van der Waals surface area contributed by atoms with E-state index in [0.717, 1.165) is 36.6 Å². The summed E-state index contributed by atoms with van der Waals surface area (Å²) in [4.78, 5) is 24.1. The Hall–Kier alpha value is -2.41. The molecule has 0 bridgehead atoms. The van der Waals surface area contributed by atoms with E-state index < -0.39 is 11.6 Å². The summed E-state index contributed by atoms with van der Waals surface area (Å²) in [5.74, 6) is -0.726. The number of aromatic nitrogens is 1. The fourth-order valence-corrected chi connectivity index (χ4v) is 3.20. The third-order valence-corrected chi connectivity index (χ3v) is 4.46. The van der Waals surface area contributed by atoms with E-state index in [1.165, 1.54) is 13.1 Å². The van der Waals surface area contributed by atoms with Gasteiger partial charge in [0.2, 0.25) is 0 Å². The van der Waals surface area contributed by atoms with Gasteiger partial charge in [-0.1, -0.05) is 0 Å².